The van der Waals surface area contributed by atoms with Gasteiger partial charge in [-0.25, -0.2) is 0 Å². The molecule has 1 spiro atoms. The summed E-state index contributed by atoms with van der Waals surface area (Å²) in [4.78, 5) is 12.6. The van der Waals surface area contributed by atoms with E-state index in [2.05, 4.69) is 29.6 Å². The fourth-order valence-corrected chi connectivity index (χ4v) is 4.05. The second-order valence-electron chi connectivity index (χ2n) is 6.61. The van der Waals surface area contributed by atoms with Crippen LogP contribution >= 0.6 is 0 Å². The van der Waals surface area contributed by atoms with Crippen molar-refractivity contribution < 1.29 is 9.53 Å². The molecule has 0 bridgehead atoms. The van der Waals surface area contributed by atoms with Crippen LogP contribution in [0, 0.1) is 0 Å². The van der Waals surface area contributed by atoms with Gasteiger partial charge in [0.15, 0.2) is 6.10 Å². The van der Waals surface area contributed by atoms with Gasteiger partial charge in [-0.1, -0.05) is 54.6 Å². The van der Waals surface area contributed by atoms with Crippen LogP contribution in [-0.2, 0) is 21.4 Å². The zero-order valence-electron chi connectivity index (χ0n) is 13.3. The minimum atomic E-state index is -0.537. The molecule has 1 saturated carbocycles. The molecule has 2 aromatic rings. The second-order valence-corrected chi connectivity index (χ2v) is 6.61. The highest BCUT2D eigenvalue weighted by molar-refractivity contribution is 5.83. The summed E-state index contributed by atoms with van der Waals surface area (Å²) in [6.45, 7) is 0. The van der Waals surface area contributed by atoms with E-state index in [1.54, 1.807) is 7.11 Å². The third-order valence-corrected chi connectivity index (χ3v) is 5.36. The van der Waals surface area contributed by atoms with Gasteiger partial charge in [0.25, 0.3) is 5.91 Å². The summed E-state index contributed by atoms with van der Waals surface area (Å²) in [5.74, 6) is -0.0371. The summed E-state index contributed by atoms with van der Waals surface area (Å²) < 4.78 is 5.44. The molecule has 3 atom stereocenters. The molecule has 0 heterocycles. The molecule has 3 heteroatoms. The molecule has 1 N–H and O–H groups in total. The molecule has 3 nitrogen and oxygen atoms in total. The van der Waals surface area contributed by atoms with Gasteiger partial charge in [0.05, 0.1) is 0 Å². The normalized spacial score (nSPS) is 25.9. The first-order valence-corrected chi connectivity index (χ1v) is 8.21. The molecule has 23 heavy (non-hydrogen) atoms. The van der Waals surface area contributed by atoms with Crippen molar-refractivity contribution in [1.82, 2.24) is 5.32 Å². The van der Waals surface area contributed by atoms with Crippen LogP contribution in [0.15, 0.2) is 54.6 Å². The quantitative estimate of drug-likeness (QED) is 0.942. The fourth-order valence-electron chi connectivity index (χ4n) is 4.05. The smallest absolute Gasteiger partial charge is 0.253 e. The molecule has 1 fully saturated rings. The minimum Gasteiger partial charge on any atom is -0.367 e. The van der Waals surface area contributed by atoms with Gasteiger partial charge in [-0.15, -0.1) is 0 Å². The maximum Gasteiger partial charge on any atom is 0.253 e. The summed E-state index contributed by atoms with van der Waals surface area (Å²) >= 11 is 0. The number of hydrogen-bond donors (Lipinski definition) is 1. The van der Waals surface area contributed by atoms with E-state index in [-0.39, 0.29) is 17.4 Å². The van der Waals surface area contributed by atoms with Gasteiger partial charge >= 0.3 is 0 Å². The number of fused-ring (bicyclic) bond motifs is 2. The fraction of sp³-hybridized carbons (Fsp3) is 0.350. The maximum atomic E-state index is 12.6. The molecule has 0 saturated heterocycles. The Kier molecular flexibility index (Phi) is 3.46. The summed E-state index contributed by atoms with van der Waals surface area (Å²) in [5.41, 5.74) is 3.94. The molecule has 2 aliphatic carbocycles. The Balaban J connectivity index is 1.49. The Hall–Kier alpha value is -2.13. The van der Waals surface area contributed by atoms with E-state index >= 15 is 0 Å². The van der Waals surface area contributed by atoms with Crippen molar-refractivity contribution in [2.45, 2.75) is 36.8 Å². The highest BCUT2D eigenvalue weighted by Gasteiger charge is 2.58. The molecule has 0 aromatic heterocycles. The topological polar surface area (TPSA) is 38.3 Å². The van der Waals surface area contributed by atoms with Crippen molar-refractivity contribution in [3.8, 4) is 0 Å². The lowest BCUT2D eigenvalue weighted by Gasteiger charge is -2.18. The van der Waals surface area contributed by atoms with E-state index in [0.29, 0.717) is 0 Å². The van der Waals surface area contributed by atoms with Crippen molar-refractivity contribution in [2.24, 2.45) is 0 Å². The van der Waals surface area contributed by atoms with Crippen molar-refractivity contribution >= 4 is 5.91 Å². The highest BCUT2D eigenvalue weighted by Crippen LogP contribution is 2.56. The van der Waals surface area contributed by atoms with E-state index in [9.17, 15) is 4.79 Å². The number of methoxy groups -OCH3 is 1. The van der Waals surface area contributed by atoms with Crippen LogP contribution in [0.5, 0.6) is 0 Å². The van der Waals surface area contributed by atoms with E-state index < -0.39 is 6.10 Å². The van der Waals surface area contributed by atoms with Gasteiger partial charge in [0.2, 0.25) is 0 Å². The molecule has 4 rings (SSSR count). The second kappa shape index (κ2) is 5.50. The first kappa shape index (κ1) is 14.5. The first-order chi connectivity index (χ1) is 11.2. The van der Waals surface area contributed by atoms with Crippen LogP contribution in [0.2, 0.25) is 0 Å². The monoisotopic (exact) mass is 307 g/mol. The predicted octanol–water partition coefficient (Wildman–Crippen LogP) is 3.15. The lowest BCUT2D eigenvalue weighted by atomic mass is 9.97. The van der Waals surface area contributed by atoms with Crippen LogP contribution in [0.25, 0.3) is 0 Å². The van der Waals surface area contributed by atoms with Crippen molar-refractivity contribution in [3.63, 3.8) is 0 Å². The molecular weight excluding hydrogens is 286 g/mol. The number of carbonyl (C=O) groups is 1. The molecule has 0 aliphatic heterocycles. The maximum absolute atomic E-state index is 12.6. The van der Waals surface area contributed by atoms with Gasteiger partial charge in [0, 0.05) is 18.6 Å². The van der Waals surface area contributed by atoms with Crippen LogP contribution in [0.4, 0.5) is 0 Å². The molecule has 1 amide bonds. The molecule has 2 aromatic carbocycles. The van der Waals surface area contributed by atoms with E-state index in [1.807, 2.05) is 30.3 Å². The third kappa shape index (κ3) is 2.36. The average molecular weight is 307 g/mol. The Morgan fingerprint density at radius 3 is 2.70 bits per heavy atom. The van der Waals surface area contributed by atoms with Crippen molar-refractivity contribution in [3.05, 3.63) is 71.3 Å². The minimum absolute atomic E-state index is 0.0371. The number of carbonyl (C=O) groups excluding carboxylic acids is 1. The lowest BCUT2D eigenvalue weighted by molar-refractivity contribution is -0.131. The third-order valence-electron chi connectivity index (χ3n) is 5.36. The number of nitrogens with one attached hydrogen (secondary N) is 1. The van der Waals surface area contributed by atoms with Crippen LogP contribution < -0.4 is 5.32 Å². The number of ether oxygens (including phenoxy) is 1. The van der Waals surface area contributed by atoms with Gasteiger partial charge in [-0.3, -0.25) is 4.79 Å². The molecule has 118 valence electrons. The van der Waals surface area contributed by atoms with Gasteiger partial charge in [-0.05, 0) is 36.0 Å². The SMILES string of the molecule is CO[C@@H](C(=O)N[C@@H]1C[C@@]12CCc1ccccc12)c1ccccc1. The summed E-state index contributed by atoms with van der Waals surface area (Å²) in [5, 5.41) is 3.21. The van der Waals surface area contributed by atoms with E-state index in [1.165, 1.54) is 11.1 Å². The number of rotatable bonds is 4. The molecule has 0 unspecified atom stereocenters. The Bertz CT molecular complexity index is 727. The number of benzene rings is 2. The summed E-state index contributed by atoms with van der Waals surface area (Å²) in [6.07, 6.45) is 2.77. The van der Waals surface area contributed by atoms with E-state index in [4.69, 9.17) is 4.74 Å². The molecule has 2 aliphatic rings. The zero-order chi connectivity index (χ0) is 15.9. The largest absolute Gasteiger partial charge is 0.367 e. The number of hydrogen-bond acceptors (Lipinski definition) is 2. The Morgan fingerprint density at radius 1 is 1.17 bits per heavy atom. The van der Waals surface area contributed by atoms with E-state index in [0.717, 1.165) is 24.8 Å². The number of aryl methyl sites for hydroxylation is 1. The lowest BCUT2D eigenvalue weighted by Crippen LogP contribution is -2.35. The first-order valence-electron chi connectivity index (χ1n) is 8.21. The van der Waals surface area contributed by atoms with Crippen LogP contribution in [0.3, 0.4) is 0 Å². The van der Waals surface area contributed by atoms with Crippen LogP contribution in [0.1, 0.15) is 35.6 Å². The molecular formula is C20H21NO2. The summed E-state index contributed by atoms with van der Waals surface area (Å²) in [6, 6.07) is 18.5. The van der Waals surface area contributed by atoms with Gasteiger partial charge < -0.3 is 10.1 Å². The standard InChI is InChI=1S/C20H21NO2/c1-23-18(15-8-3-2-4-9-15)19(22)21-17-13-20(17)12-11-14-7-5-6-10-16(14)20/h2-10,17-18H,11-13H2,1H3,(H,21,22)/t17-,18-,20-/m1/s1. The van der Waals surface area contributed by atoms with Gasteiger partial charge in [0.1, 0.15) is 0 Å². The van der Waals surface area contributed by atoms with Crippen molar-refractivity contribution in [1.29, 1.82) is 0 Å². The Morgan fingerprint density at radius 2 is 1.91 bits per heavy atom. The molecule has 0 radical (unpaired) electrons. The predicted molar refractivity (Wildman–Crippen MR) is 89.2 cm³/mol. The van der Waals surface area contributed by atoms with Crippen LogP contribution in [-0.4, -0.2) is 19.1 Å². The summed E-state index contributed by atoms with van der Waals surface area (Å²) in [7, 11) is 1.59. The van der Waals surface area contributed by atoms with Gasteiger partial charge in [-0.2, -0.15) is 0 Å². The highest BCUT2D eigenvalue weighted by atomic mass is 16.5. The zero-order valence-corrected chi connectivity index (χ0v) is 13.3. The van der Waals surface area contributed by atoms with Crippen molar-refractivity contribution in [2.75, 3.05) is 7.11 Å². The Labute approximate surface area is 136 Å². The average Bonchev–Trinajstić information content (AvgIpc) is 3.14. The number of amides is 1.